The normalized spacial score (nSPS) is 15.7. The van der Waals surface area contributed by atoms with E-state index in [4.69, 9.17) is 0 Å². The predicted octanol–water partition coefficient (Wildman–Crippen LogP) is 3.53. The van der Waals surface area contributed by atoms with Gasteiger partial charge in [0.1, 0.15) is 0 Å². The van der Waals surface area contributed by atoms with Crippen molar-refractivity contribution < 1.29 is 9.90 Å². The first-order valence-corrected chi connectivity index (χ1v) is 7.44. The van der Waals surface area contributed by atoms with E-state index in [0.29, 0.717) is 0 Å². The minimum Gasteiger partial charge on any atom is -0.392 e. The summed E-state index contributed by atoms with van der Waals surface area (Å²) in [6.07, 6.45) is 0. The van der Waals surface area contributed by atoms with Gasteiger partial charge in [-0.05, 0) is 17.2 Å². The molecule has 0 fully saturated rings. The molecule has 3 aromatic rings. The van der Waals surface area contributed by atoms with E-state index in [1.54, 1.807) is 0 Å². The average molecular weight is 291 g/mol. The number of hydrogen-bond donors (Lipinski definition) is 2. The SMILES string of the molecule is CC1(C)c2cc(CO)ccc2C(=O)c2c1[nH]c1ccccc21. The smallest absolute Gasteiger partial charge is 0.195 e. The fraction of sp³-hybridized carbons (Fsp3) is 0.211. The van der Waals surface area contributed by atoms with Gasteiger partial charge in [0, 0.05) is 27.6 Å². The lowest BCUT2D eigenvalue weighted by Crippen LogP contribution is -2.30. The monoisotopic (exact) mass is 291 g/mol. The molecule has 3 heteroatoms. The molecule has 1 aromatic heterocycles. The standard InChI is InChI=1S/C19H17NO2/c1-19(2)14-9-11(10-21)7-8-12(14)17(22)16-13-5-3-4-6-15(13)20-18(16)19/h3-9,20-21H,10H2,1-2H3. The van der Waals surface area contributed by atoms with Crippen LogP contribution in [0.5, 0.6) is 0 Å². The number of benzene rings is 2. The zero-order valence-electron chi connectivity index (χ0n) is 12.6. The van der Waals surface area contributed by atoms with Crippen LogP contribution in [0, 0.1) is 0 Å². The molecule has 3 nitrogen and oxygen atoms in total. The molecular weight excluding hydrogens is 274 g/mol. The van der Waals surface area contributed by atoms with Crippen LogP contribution in [-0.2, 0) is 12.0 Å². The summed E-state index contributed by atoms with van der Waals surface area (Å²) in [5, 5.41) is 10.4. The van der Waals surface area contributed by atoms with E-state index in [0.717, 1.165) is 38.9 Å². The Balaban J connectivity index is 2.08. The summed E-state index contributed by atoms with van der Waals surface area (Å²) in [5.74, 6) is 0.0614. The van der Waals surface area contributed by atoms with Gasteiger partial charge in [0.05, 0.1) is 12.2 Å². The van der Waals surface area contributed by atoms with Crippen LogP contribution in [0.15, 0.2) is 42.5 Å². The zero-order chi connectivity index (χ0) is 15.5. The first kappa shape index (κ1) is 13.3. The van der Waals surface area contributed by atoms with Crippen LogP contribution in [0.4, 0.5) is 0 Å². The number of aromatic nitrogens is 1. The molecule has 0 saturated heterocycles. The second-order valence-electron chi connectivity index (χ2n) is 6.41. The number of rotatable bonds is 1. The number of nitrogens with one attached hydrogen (secondary N) is 1. The van der Waals surface area contributed by atoms with Gasteiger partial charge in [0.25, 0.3) is 0 Å². The molecule has 1 heterocycles. The van der Waals surface area contributed by atoms with E-state index in [1.807, 2.05) is 42.5 Å². The number of carbonyl (C=O) groups is 1. The molecule has 0 unspecified atom stereocenters. The highest BCUT2D eigenvalue weighted by Crippen LogP contribution is 2.43. The molecule has 0 bridgehead atoms. The molecule has 0 saturated carbocycles. The van der Waals surface area contributed by atoms with Gasteiger partial charge < -0.3 is 10.1 Å². The summed E-state index contributed by atoms with van der Waals surface area (Å²) in [5.41, 5.74) is 4.97. The van der Waals surface area contributed by atoms with Crippen molar-refractivity contribution in [2.45, 2.75) is 25.9 Å². The molecule has 2 aromatic carbocycles. The average Bonchev–Trinajstić information content (AvgIpc) is 2.93. The third kappa shape index (κ3) is 1.57. The van der Waals surface area contributed by atoms with Crippen LogP contribution in [0.2, 0.25) is 0 Å². The van der Waals surface area contributed by atoms with Crippen molar-refractivity contribution in [1.82, 2.24) is 4.98 Å². The van der Waals surface area contributed by atoms with E-state index in [2.05, 4.69) is 18.8 Å². The summed E-state index contributed by atoms with van der Waals surface area (Å²) in [6.45, 7) is 4.22. The number of aromatic amines is 1. The third-order valence-corrected chi connectivity index (χ3v) is 4.74. The highest BCUT2D eigenvalue weighted by Gasteiger charge is 2.39. The maximum Gasteiger partial charge on any atom is 0.195 e. The predicted molar refractivity (Wildman–Crippen MR) is 86.2 cm³/mol. The minimum absolute atomic E-state index is 0.0168. The largest absolute Gasteiger partial charge is 0.392 e. The summed E-state index contributed by atoms with van der Waals surface area (Å²) in [4.78, 5) is 16.4. The maximum atomic E-state index is 13.0. The zero-order valence-corrected chi connectivity index (χ0v) is 12.6. The highest BCUT2D eigenvalue weighted by molar-refractivity contribution is 6.20. The molecule has 1 aliphatic rings. The number of carbonyl (C=O) groups excluding carboxylic acids is 1. The fourth-order valence-corrected chi connectivity index (χ4v) is 3.52. The molecule has 0 aliphatic heterocycles. The Bertz CT molecular complexity index is 918. The summed E-state index contributed by atoms with van der Waals surface area (Å²) in [6, 6.07) is 13.5. The Hall–Kier alpha value is -2.39. The van der Waals surface area contributed by atoms with Crippen LogP contribution >= 0.6 is 0 Å². The van der Waals surface area contributed by atoms with E-state index in [9.17, 15) is 9.90 Å². The number of ketones is 1. The Morgan fingerprint density at radius 2 is 1.91 bits per heavy atom. The number of para-hydroxylation sites is 1. The number of aliphatic hydroxyl groups is 1. The van der Waals surface area contributed by atoms with Crippen LogP contribution in [0.3, 0.4) is 0 Å². The van der Waals surface area contributed by atoms with Gasteiger partial charge in [-0.3, -0.25) is 4.79 Å². The van der Waals surface area contributed by atoms with Crippen LogP contribution in [-0.4, -0.2) is 15.9 Å². The molecule has 0 atom stereocenters. The molecule has 0 radical (unpaired) electrons. The second-order valence-corrected chi connectivity index (χ2v) is 6.41. The number of H-pyrrole nitrogens is 1. The van der Waals surface area contributed by atoms with E-state index < -0.39 is 0 Å². The lowest BCUT2D eigenvalue weighted by atomic mass is 9.71. The second kappa shape index (κ2) is 4.31. The topological polar surface area (TPSA) is 53.1 Å². The summed E-state index contributed by atoms with van der Waals surface area (Å²) >= 11 is 0. The summed E-state index contributed by atoms with van der Waals surface area (Å²) in [7, 11) is 0. The first-order valence-electron chi connectivity index (χ1n) is 7.44. The molecular formula is C19H17NO2. The van der Waals surface area contributed by atoms with Gasteiger partial charge in [0.2, 0.25) is 0 Å². The number of hydrogen-bond acceptors (Lipinski definition) is 2. The Morgan fingerprint density at radius 1 is 1.14 bits per heavy atom. The maximum absolute atomic E-state index is 13.0. The molecule has 1 aliphatic carbocycles. The Morgan fingerprint density at radius 3 is 2.68 bits per heavy atom. The fourth-order valence-electron chi connectivity index (χ4n) is 3.52. The van der Waals surface area contributed by atoms with E-state index in [-0.39, 0.29) is 17.8 Å². The molecule has 0 amide bonds. The van der Waals surface area contributed by atoms with Gasteiger partial charge in [0.15, 0.2) is 5.78 Å². The van der Waals surface area contributed by atoms with E-state index in [1.165, 1.54) is 0 Å². The Labute approximate surface area is 128 Å². The number of aliphatic hydroxyl groups excluding tert-OH is 1. The van der Waals surface area contributed by atoms with Crippen LogP contribution < -0.4 is 0 Å². The van der Waals surface area contributed by atoms with Crippen molar-refractivity contribution in [1.29, 1.82) is 0 Å². The molecule has 2 N–H and O–H groups in total. The van der Waals surface area contributed by atoms with Gasteiger partial charge in [-0.25, -0.2) is 0 Å². The lowest BCUT2D eigenvalue weighted by molar-refractivity contribution is 0.103. The van der Waals surface area contributed by atoms with Crippen molar-refractivity contribution in [2.75, 3.05) is 0 Å². The number of fused-ring (bicyclic) bond motifs is 4. The molecule has 4 rings (SSSR count). The van der Waals surface area contributed by atoms with Crippen molar-refractivity contribution in [3.63, 3.8) is 0 Å². The van der Waals surface area contributed by atoms with Gasteiger partial charge in [-0.15, -0.1) is 0 Å². The summed E-state index contributed by atoms with van der Waals surface area (Å²) < 4.78 is 0. The molecule has 22 heavy (non-hydrogen) atoms. The van der Waals surface area contributed by atoms with E-state index >= 15 is 0 Å². The molecule has 0 spiro atoms. The van der Waals surface area contributed by atoms with Crippen molar-refractivity contribution in [3.05, 3.63) is 70.4 Å². The van der Waals surface area contributed by atoms with Gasteiger partial charge in [-0.1, -0.05) is 50.2 Å². The third-order valence-electron chi connectivity index (χ3n) is 4.74. The van der Waals surface area contributed by atoms with Gasteiger partial charge >= 0.3 is 0 Å². The van der Waals surface area contributed by atoms with Crippen molar-refractivity contribution in [3.8, 4) is 0 Å². The van der Waals surface area contributed by atoms with Gasteiger partial charge in [-0.2, -0.15) is 0 Å². The van der Waals surface area contributed by atoms with Crippen LogP contribution in [0.1, 0.15) is 46.6 Å². The van der Waals surface area contributed by atoms with Crippen molar-refractivity contribution >= 4 is 16.7 Å². The molecule has 110 valence electrons. The first-order chi connectivity index (χ1) is 10.5. The van der Waals surface area contributed by atoms with Crippen molar-refractivity contribution in [2.24, 2.45) is 0 Å². The minimum atomic E-state index is -0.303. The van der Waals surface area contributed by atoms with Crippen LogP contribution in [0.25, 0.3) is 10.9 Å². The quantitative estimate of drug-likeness (QED) is 0.720. The highest BCUT2D eigenvalue weighted by atomic mass is 16.3. The lowest BCUT2D eigenvalue weighted by Gasteiger charge is -2.32. The Kier molecular flexibility index (Phi) is 2.60.